The molecule has 4 rings (SSSR count). The van der Waals surface area contributed by atoms with Crippen molar-refractivity contribution in [2.45, 2.75) is 26.6 Å². The van der Waals surface area contributed by atoms with Crippen LogP contribution in [0.4, 0.5) is 0 Å². The number of aliphatic imine (C=N–C) groups is 1. The number of aromatic nitrogens is 3. The molecule has 0 radical (unpaired) electrons. The second-order valence-electron chi connectivity index (χ2n) is 7.01. The summed E-state index contributed by atoms with van der Waals surface area (Å²) >= 11 is 0. The van der Waals surface area contributed by atoms with Gasteiger partial charge in [-0.2, -0.15) is 0 Å². The number of para-hydroxylation sites is 1. The van der Waals surface area contributed by atoms with Gasteiger partial charge in [-0.1, -0.05) is 48.5 Å². The van der Waals surface area contributed by atoms with Gasteiger partial charge in [0.25, 0.3) is 0 Å². The molecular formula is C24H26N6O. The number of guanidine groups is 1. The van der Waals surface area contributed by atoms with Crippen LogP contribution >= 0.6 is 0 Å². The zero-order valence-electron chi connectivity index (χ0n) is 17.5. The molecule has 0 saturated carbocycles. The quantitative estimate of drug-likeness (QED) is 0.341. The number of hydrogen-bond acceptors (Lipinski definition) is 4. The van der Waals surface area contributed by atoms with E-state index >= 15 is 0 Å². The Morgan fingerprint density at radius 3 is 2.48 bits per heavy atom. The summed E-state index contributed by atoms with van der Waals surface area (Å²) in [6, 6.07) is 24.0. The first-order chi connectivity index (χ1) is 15.3. The van der Waals surface area contributed by atoms with Crippen LogP contribution in [0.25, 0.3) is 5.65 Å². The Bertz CT molecular complexity index is 1120. The second kappa shape index (κ2) is 10.2. The molecular weight excluding hydrogens is 388 g/mol. The lowest BCUT2D eigenvalue weighted by atomic mass is 10.1. The van der Waals surface area contributed by atoms with Crippen LogP contribution in [0.15, 0.2) is 84.0 Å². The lowest BCUT2D eigenvalue weighted by molar-refractivity contribution is 0.306. The highest BCUT2D eigenvalue weighted by Crippen LogP contribution is 2.12. The third kappa shape index (κ3) is 5.60. The Labute approximate surface area is 181 Å². The van der Waals surface area contributed by atoms with Crippen molar-refractivity contribution < 1.29 is 4.74 Å². The SMILES string of the molecule is CCNC(=NCc1ccc(COc2ccccc2)cc1)NCc1nnc2ccccn12. The number of pyridine rings is 1. The van der Waals surface area contributed by atoms with Crippen molar-refractivity contribution >= 4 is 11.6 Å². The van der Waals surface area contributed by atoms with E-state index in [1.807, 2.05) is 66.1 Å². The van der Waals surface area contributed by atoms with E-state index in [4.69, 9.17) is 9.73 Å². The lowest BCUT2D eigenvalue weighted by Crippen LogP contribution is -2.37. The van der Waals surface area contributed by atoms with Gasteiger partial charge in [0.05, 0.1) is 13.1 Å². The molecule has 0 saturated heterocycles. The average Bonchev–Trinajstić information content (AvgIpc) is 3.24. The number of nitrogens with one attached hydrogen (secondary N) is 2. The zero-order valence-corrected chi connectivity index (χ0v) is 17.5. The fourth-order valence-corrected chi connectivity index (χ4v) is 3.11. The first-order valence-electron chi connectivity index (χ1n) is 10.4. The number of fused-ring (bicyclic) bond motifs is 1. The van der Waals surface area contributed by atoms with Gasteiger partial charge >= 0.3 is 0 Å². The van der Waals surface area contributed by atoms with Crippen molar-refractivity contribution in [2.75, 3.05) is 6.54 Å². The van der Waals surface area contributed by atoms with Gasteiger partial charge in [0.15, 0.2) is 17.4 Å². The lowest BCUT2D eigenvalue weighted by Gasteiger charge is -2.11. The maximum absolute atomic E-state index is 5.80. The van der Waals surface area contributed by atoms with Crippen molar-refractivity contribution in [2.24, 2.45) is 4.99 Å². The van der Waals surface area contributed by atoms with Gasteiger partial charge in [0.2, 0.25) is 0 Å². The molecule has 158 valence electrons. The topological polar surface area (TPSA) is 75.8 Å². The predicted octanol–water partition coefficient (Wildman–Crippen LogP) is 3.56. The maximum atomic E-state index is 5.80. The molecule has 0 atom stereocenters. The van der Waals surface area contributed by atoms with E-state index in [0.717, 1.165) is 40.9 Å². The van der Waals surface area contributed by atoms with Crippen LogP contribution in [-0.2, 0) is 19.7 Å². The third-order valence-corrected chi connectivity index (χ3v) is 4.73. The summed E-state index contributed by atoms with van der Waals surface area (Å²) in [7, 11) is 0. The highest BCUT2D eigenvalue weighted by Gasteiger charge is 2.06. The van der Waals surface area contributed by atoms with Gasteiger partial charge in [-0.3, -0.25) is 4.40 Å². The standard InChI is InChI=1S/C24H26N6O/c1-2-25-24(27-17-23-29-28-22-10-6-7-15-30(22)23)26-16-19-11-13-20(14-12-19)18-31-21-8-4-3-5-9-21/h3-15H,2,16-18H2,1H3,(H2,25,26,27). The zero-order chi connectivity index (χ0) is 21.3. The molecule has 0 aliphatic carbocycles. The fraction of sp³-hybridized carbons (Fsp3) is 0.208. The van der Waals surface area contributed by atoms with Crippen LogP contribution < -0.4 is 15.4 Å². The molecule has 2 aromatic carbocycles. The Kier molecular flexibility index (Phi) is 6.74. The van der Waals surface area contributed by atoms with Gasteiger partial charge in [-0.05, 0) is 42.3 Å². The Morgan fingerprint density at radius 1 is 0.903 bits per heavy atom. The number of rotatable bonds is 8. The second-order valence-corrected chi connectivity index (χ2v) is 7.01. The number of nitrogens with zero attached hydrogens (tertiary/aromatic N) is 4. The third-order valence-electron chi connectivity index (χ3n) is 4.73. The summed E-state index contributed by atoms with van der Waals surface area (Å²) in [4.78, 5) is 4.69. The van der Waals surface area contributed by atoms with E-state index < -0.39 is 0 Å². The Morgan fingerprint density at radius 2 is 1.68 bits per heavy atom. The summed E-state index contributed by atoms with van der Waals surface area (Å²) in [6.07, 6.45) is 1.96. The van der Waals surface area contributed by atoms with Crippen LogP contribution in [0.3, 0.4) is 0 Å². The molecule has 31 heavy (non-hydrogen) atoms. The van der Waals surface area contributed by atoms with E-state index in [0.29, 0.717) is 19.7 Å². The molecule has 2 N–H and O–H groups in total. The summed E-state index contributed by atoms with van der Waals surface area (Å²) in [6.45, 7) is 4.49. The van der Waals surface area contributed by atoms with E-state index in [2.05, 4.69) is 45.1 Å². The molecule has 0 amide bonds. The molecule has 0 unspecified atom stereocenters. The molecule has 0 aliphatic rings. The minimum absolute atomic E-state index is 0.534. The minimum atomic E-state index is 0.534. The predicted molar refractivity (Wildman–Crippen MR) is 122 cm³/mol. The van der Waals surface area contributed by atoms with E-state index in [1.54, 1.807) is 0 Å². The van der Waals surface area contributed by atoms with Crippen molar-refractivity contribution in [1.29, 1.82) is 0 Å². The highest BCUT2D eigenvalue weighted by atomic mass is 16.5. The van der Waals surface area contributed by atoms with Crippen molar-refractivity contribution in [3.8, 4) is 5.75 Å². The number of hydrogen-bond donors (Lipinski definition) is 2. The molecule has 2 aromatic heterocycles. The van der Waals surface area contributed by atoms with Gasteiger partial charge < -0.3 is 15.4 Å². The molecule has 7 heteroatoms. The van der Waals surface area contributed by atoms with Crippen LogP contribution in [0.2, 0.25) is 0 Å². The summed E-state index contributed by atoms with van der Waals surface area (Å²) in [5.74, 6) is 2.45. The average molecular weight is 415 g/mol. The largest absolute Gasteiger partial charge is 0.489 e. The van der Waals surface area contributed by atoms with Crippen LogP contribution in [-0.4, -0.2) is 27.1 Å². The van der Waals surface area contributed by atoms with Gasteiger partial charge in [0, 0.05) is 12.7 Å². The normalized spacial score (nSPS) is 11.5. The van der Waals surface area contributed by atoms with E-state index in [-0.39, 0.29) is 0 Å². The van der Waals surface area contributed by atoms with Crippen LogP contribution in [0.5, 0.6) is 5.75 Å². The molecule has 0 fully saturated rings. The minimum Gasteiger partial charge on any atom is -0.489 e. The van der Waals surface area contributed by atoms with E-state index in [9.17, 15) is 0 Å². The molecule has 7 nitrogen and oxygen atoms in total. The molecule has 2 heterocycles. The Balaban J connectivity index is 1.33. The van der Waals surface area contributed by atoms with Crippen molar-refractivity contribution in [3.63, 3.8) is 0 Å². The highest BCUT2D eigenvalue weighted by molar-refractivity contribution is 5.79. The Hall–Kier alpha value is -3.87. The van der Waals surface area contributed by atoms with Crippen molar-refractivity contribution in [3.05, 3.63) is 95.9 Å². The first kappa shape index (κ1) is 20.4. The van der Waals surface area contributed by atoms with Gasteiger partial charge in [-0.25, -0.2) is 4.99 Å². The van der Waals surface area contributed by atoms with Gasteiger partial charge in [-0.15, -0.1) is 10.2 Å². The summed E-state index contributed by atoms with van der Waals surface area (Å²) < 4.78 is 7.76. The number of benzene rings is 2. The smallest absolute Gasteiger partial charge is 0.191 e. The maximum Gasteiger partial charge on any atom is 0.191 e. The molecule has 0 spiro atoms. The molecule has 4 aromatic rings. The first-order valence-corrected chi connectivity index (χ1v) is 10.4. The summed E-state index contributed by atoms with van der Waals surface area (Å²) in [5, 5.41) is 15.0. The van der Waals surface area contributed by atoms with Crippen molar-refractivity contribution in [1.82, 2.24) is 25.2 Å². The fourth-order valence-electron chi connectivity index (χ4n) is 3.11. The molecule has 0 bridgehead atoms. The van der Waals surface area contributed by atoms with Gasteiger partial charge in [0.1, 0.15) is 12.4 Å². The monoisotopic (exact) mass is 414 g/mol. The van der Waals surface area contributed by atoms with Crippen LogP contribution in [0.1, 0.15) is 23.9 Å². The summed E-state index contributed by atoms with van der Waals surface area (Å²) in [5.41, 5.74) is 3.09. The molecule has 0 aliphatic heterocycles. The van der Waals surface area contributed by atoms with Crippen LogP contribution in [0, 0.1) is 0 Å². The van der Waals surface area contributed by atoms with E-state index in [1.165, 1.54) is 0 Å². The number of ether oxygens (including phenoxy) is 1.